The summed E-state index contributed by atoms with van der Waals surface area (Å²) in [5.41, 5.74) is 4.88. The summed E-state index contributed by atoms with van der Waals surface area (Å²) < 4.78 is 1.72. The highest BCUT2D eigenvalue weighted by molar-refractivity contribution is 6.30. The summed E-state index contributed by atoms with van der Waals surface area (Å²) in [6.07, 6.45) is 0. The molecule has 2 atom stereocenters. The molecule has 0 amide bonds. The fraction of sp³-hybridized carbons (Fsp3) is 0.556. The second-order valence-corrected chi connectivity index (χ2v) is 4.50. The van der Waals surface area contributed by atoms with Gasteiger partial charge in [-0.1, -0.05) is 84.3 Å². The number of halogens is 2. The van der Waals surface area contributed by atoms with Crippen LogP contribution in [0.4, 0.5) is 0 Å². The van der Waals surface area contributed by atoms with Crippen LogP contribution in [0, 0.1) is 0 Å². The molecule has 21 heavy (non-hydrogen) atoms. The molecule has 3 heteroatoms. The van der Waals surface area contributed by atoms with Crippen LogP contribution in [0.5, 0.6) is 0 Å². The predicted molar refractivity (Wildman–Crippen MR) is 99.9 cm³/mol. The first-order valence-corrected chi connectivity index (χ1v) is 8.79. The lowest BCUT2D eigenvalue weighted by Gasteiger charge is -2.37. The van der Waals surface area contributed by atoms with Crippen molar-refractivity contribution in [2.45, 2.75) is 67.3 Å². The van der Waals surface area contributed by atoms with Crippen molar-refractivity contribution in [2.24, 2.45) is 0 Å². The van der Waals surface area contributed by atoms with Gasteiger partial charge in [0.1, 0.15) is 0 Å². The number of benzene rings is 1. The zero-order chi connectivity index (χ0) is 17.0. The molecule has 1 aromatic rings. The van der Waals surface area contributed by atoms with E-state index < -0.39 is 0 Å². The Kier molecular flexibility index (Phi) is 14.0. The molecule has 0 N–H and O–H groups in total. The van der Waals surface area contributed by atoms with Gasteiger partial charge in [0.2, 0.25) is 0 Å². The van der Waals surface area contributed by atoms with Crippen LogP contribution in [0.25, 0.3) is 5.70 Å². The maximum atomic E-state index is 6.24. The Bertz CT molecular complexity index is 402. The van der Waals surface area contributed by atoms with E-state index >= 15 is 0 Å². The third kappa shape index (κ3) is 5.56. The summed E-state index contributed by atoms with van der Waals surface area (Å²) in [6.45, 7) is 16.3. The molecule has 0 saturated heterocycles. The van der Waals surface area contributed by atoms with Crippen molar-refractivity contribution in [1.29, 1.82) is 0 Å². The van der Waals surface area contributed by atoms with E-state index in [2.05, 4.69) is 32.0 Å². The number of hydrogen-bond donors (Lipinski definition) is 0. The Morgan fingerprint density at radius 1 is 0.952 bits per heavy atom. The van der Waals surface area contributed by atoms with Crippen molar-refractivity contribution in [1.82, 2.24) is 4.42 Å². The van der Waals surface area contributed by atoms with Gasteiger partial charge in [0.15, 0.2) is 0 Å². The van der Waals surface area contributed by atoms with Crippen molar-refractivity contribution in [3.63, 3.8) is 0 Å². The molecule has 1 nitrogen and oxygen atoms in total. The molecule has 0 spiro atoms. The first-order valence-electron chi connectivity index (χ1n) is 8.01. The third-order valence-electron chi connectivity index (χ3n) is 3.14. The van der Waals surface area contributed by atoms with Crippen molar-refractivity contribution < 1.29 is 0 Å². The highest BCUT2D eigenvalue weighted by atomic mass is 35.5. The second kappa shape index (κ2) is 13.0. The minimum atomic E-state index is 0.256. The molecule has 0 saturated carbocycles. The zero-order valence-electron chi connectivity index (χ0n) is 14.7. The van der Waals surface area contributed by atoms with Gasteiger partial charge >= 0.3 is 0 Å². The van der Waals surface area contributed by atoms with E-state index in [0.29, 0.717) is 5.92 Å². The molecule has 2 unspecified atom stereocenters. The van der Waals surface area contributed by atoms with Crippen molar-refractivity contribution >= 4 is 29.1 Å². The predicted octanol–water partition coefficient (Wildman–Crippen LogP) is 7.26. The average Bonchev–Trinajstić information content (AvgIpc) is 2.59. The second-order valence-electron chi connectivity index (χ2n) is 3.92. The summed E-state index contributed by atoms with van der Waals surface area (Å²) in [5.74, 6) is 0.416. The van der Waals surface area contributed by atoms with Gasteiger partial charge in [0.05, 0.1) is 5.70 Å². The minimum Gasteiger partial charge on any atom is -0.280 e. The average molecular weight is 332 g/mol. The summed E-state index contributed by atoms with van der Waals surface area (Å²) in [4.78, 5) is 0. The first kappa shape index (κ1) is 22.6. The Morgan fingerprint density at radius 2 is 1.43 bits per heavy atom. The molecule has 0 bridgehead atoms. The van der Waals surface area contributed by atoms with Crippen LogP contribution in [-0.4, -0.2) is 10.5 Å². The zero-order valence-corrected chi connectivity index (χ0v) is 16.3. The molecule has 1 heterocycles. The fourth-order valence-electron chi connectivity index (χ4n) is 2.02. The largest absolute Gasteiger partial charge is 0.280 e. The molecule has 1 aliphatic heterocycles. The normalized spacial score (nSPS) is 20.9. The highest BCUT2D eigenvalue weighted by Gasteiger charge is 2.30. The third-order valence-corrected chi connectivity index (χ3v) is 3.84. The van der Waals surface area contributed by atoms with Crippen LogP contribution < -0.4 is 0 Å². The van der Waals surface area contributed by atoms with Gasteiger partial charge in [-0.25, -0.2) is 0 Å². The number of hydrogen-bond acceptors (Lipinski definition) is 1. The standard InChI is InChI=1S/C12H13Cl2N.3C2H6/c1-8-9(2)15(14)12(7-13)11-6-4-3-5-10(8)11;3*1-2/h3-9H,1-2H3;3*1-2H3/b12-7-;;;. The minimum absolute atomic E-state index is 0.256. The Morgan fingerprint density at radius 3 is 1.90 bits per heavy atom. The summed E-state index contributed by atoms with van der Waals surface area (Å²) in [7, 11) is 0. The van der Waals surface area contributed by atoms with Crippen LogP contribution in [0.1, 0.15) is 72.4 Å². The number of rotatable bonds is 0. The lowest BCUT2D eigenvalue weighted by molar-refractivity contribution is 0.402. The van der Waals surface area contributed by atoms with Gasteiger partial charge in [-0.05, 0) is 12.5 Å². The molecule has 0 aliphatic carbocycles. The smallest absolute Gasteiger partial charge is 0.0714 e. The van der Waals surface area contributed by atoms with Crippen LogP contribution in [0.15, 0.2) is 29.8 Å². The van der Waals surface area contributed by atoms with Crippen molar-refractivity contribution in [3.8, 4) is 0 Å². The van der Waals surface area contributed by atoms with E-state index in [9.17, 15) is 0 Å². The molecule has 0 fully saturated rings. The van der Waals surface area contributed by atoms with E-state index in [1.165, 1.54) is 5.56 Å². The summed E-state index contributed by atoms with van der Waals surface area (Å²) in [5, 5.41) is 0. The maximum Gasteiger partial charge on any atom is 0.0714 e. The van der Waals surface area contributed by atoms with Crippen LogP contribution in [0.2, 0.25) is 0 Å². The van der Waals surface area contributed by atoms with Crippen LogP contribution >= 0.6 is 23.4 Å². The van der Waals surface area contributed by atoms with E-state index in [1.807, 2.05) is 47.6 Å². The van der Waals surface area contributed by atoms with Crippen molar-refractivity contribution in [2.75, 3.05) is 0 Å². The van der Waals surface area contributed by atoms with E-state index in [1.54, 1.807) is 9.95 Å². The molecule has 0 aromatic heterocycles. The van der Waals surface area contributed by atoms with Crippen LogP contribution in [0.3, 0.4) is 0 Å². The number of nitrogens with zero attached hydrogens (tertiary/aromatic N) is 1. The highest BCUT2D eigenvalue weighted by Crippen LogP contribution is 2.40. The van der Waals surface area contributed by atoms with Crippen molar-refractivity contribution in [3.05, 3.63) is 40.9 Å². The Labute approximate surface area is 142 Å². The maximum absolute atomic E-state index is 6.24. The molecule has 122 valence electrons. The molecule has 0 radical (unpaired) electrons. The van der Waals surface area contributed by atoms with E-state index in [0.717, 1.165) is 11.3 Å². The topological polar surface area (TPSA) is 3.24 Å². The van der Waals surface area contributed by atoms with Crippen LogP contribution in [-0.2, 0) is 0 Å². The van der Waals surface area contributed by atoms with Gasteiger partial charge in [0, 0.05) is 34.8 Å². The lowest BCUT2D eigenvalue weighted by Crippen LogP contribution is -2.33. The summed E-state index contributed by atoms with van der Waals surface area (Å²) >= 11 is 12.1. The molecular weight excluding hydrogens is 301 g/mol. The fourth-order valence-corrected chi connectivity index (χ4v) is 2.60. The molecule has 1 aromatic carbocycles. The summed E-state index contributed by atoms with van der Waals surface area (Å²) in [6, 6.07) is 8.51. The molecule has 2 rings (SSSR count). The van der Waals surface area contributed by atoms with Gasteiger partial charge in [-0.15, -0.1) is 0 Å². The monoisotopic (exact) mass is 331 g/mol. The van der Waals surface area contributed by atoms with E-state index in [-0.39, 0.29) is 6.04 Å². The Balaban J connectivity index is 0. The SMILES string of the molecule is CC.CC.CC.CC1c2ccccc2/C(=C/Cl)N(Cl)C1C. The van der Waals surface area contributed by atoms with Gasteiger partial charge < -0.3 is 0 Å². The van der Waals surface area contributed by atoms with Gasteiger partial charge in [0.25, 0.3) is 0 Å². The quantitative estimate of drug-likeness (QED) is 0.452. The first-order chi connectivity index (χ1) is 10.2. The van der Waals surface area contributed by atoms with E-state index in [4.69, 9.17) is 23.4 Å². The van der Waals surface area contributed by atoms with Gasteiger partial charge in [-0.2, -0.15) is 0 Å². The molecule has 1 aliphatic rings. The molecular formula is C18H31Cl2N. The lowest BCUT2D eigenvalue weighted by atomic mass is 9.85. The van der Waals surface area contributed by atoms with Gasteiger partial charge in [-0.3, -0.25) is 4.42 Å². The Hall–Kier alpha value is -0.660. The number of fused-ring (bicyclic) bond motifs is 1.